The Morgan fingerprint density at radius 3 is 1.83 bits per heavy atom. The molecule has 2 nitrogen and oxygen atoms in total. The summed E-state index contributed by atoms with van der Waals surface area (Å²) < 4.78 is 0. The van der Waals surface area contributed by atoms with Crippen LogP contribution in [0.15, 0.2) is 18.2 Å². The van der Waals surface area contributed by atoms with E-state index in [1.807, 2.05) is 0 Å². The van der Waals surface area contributed by atoms with Crippen molar-refractivity contribution in [1.29, 1.82) is 0 Å². The Labute approximate surface area is 86.0 Å². The molecule has 0 spiro atoms. The Bertz CT molecular complexity index is 244. The van der Waals surface area contributed by atoms with Gasteiger partial charge in [-0.2, -0.15) is 0 Å². The van der Waals surface area contributed by atoms with Gasteiger partial charge in [-0.25, -0.2) is 0 Å². The Balaban J connectivity index is 0.000000354. The molecule has 0 unspecified atom stereocenters. The van der Waals surface area contributed by atoms with Gasteiger partial charge in [0.05, 0.1) is 10.0 Å². The monoisotopic (exact) mass is 226 g/mol. The van der Waals surface area contributed by atoms with Crippen LogP contribution in [0, 0.1) is 0 Å². The van der Waals surface area contributed by atoms with Crippen LogP contribution in [-0.4, -0.2) is 17.7 Å². The van der Waals surface area contributed by atoms with Gasteiger partial charge in [0.1, 0.15) is 0 Å². The van der Waals surface area contributed by atoms with Crippen LogP contribution >= 0.6 is 34.8 Å². The van der Waals surface area contributed by atoms with E-state index >= 15 is 0 Å². The number of benzene rings is 1. The molecule has 0 fully saturated rings. The quantitative estimate of drug-likeness (QED) is 0.525. The number of hydrogen-bond donors (Lipinski definition) is 2. The molecule has 0 amide bonds. The van der Waals surface area contributed by atoms with E-state index in [1.165, 1.54) is 0 Å². The summed E-state index contributed by atoms with van der Waals surface area (Å²) in [6.07, 6.45) is 0. The van der Waals surface area contributed by atoms with Gasteiger partial charge in [-0.3, -0.25) is 0 Å². The first kappa shape index (κ1) is 12.1. The van der Waals surface area contributed by atoms with Gasteiger partial charge < -0.3 is 10.0 Å². The first-order valence-corrected chi connectivity index (χ1v) is 4.07. The van der Waals surface area contributed by atoms with Crippen molar-refractivity contribution in [3.8, 4) is 0 Å². The van der Waals surface area contributed by atoms with Crippen molar-refractivity contribution in [2.45, 2.75) is 0 Å². The van der Waals surface area contributed by atoms with Crippen molar-refractivity contribution in [2.24, 2.45) is 0 Å². The van der Waals surface area contributed by atoms with E-state index in [2.05, 4.69) is 0 Å². The van der Waals surface area contributed by atoms with Crippen LogP contribution in [0.5, 0.6) is 0 Å². The maximum atomic E-state index is 7.12. The molecule has 0 aliphatic carbocycles. The molecule has 0 saturated heterocycles. The van der Waals surface area contributed by atoms with Crippen molar-refractivity contribution in [1.82, 2.24) is 0 Å². The van der Waals surface area contributed by atoms with Crippen LogP contribution in [-0.2, 0) is 0 Å². The normalized spacial score (nSPS) is 8.42. The van der Waals surface area contributed by atoms with Gasteiger partial charge in [-0.1, -0.05) is 34.8 Å². The third-order valence-electron chi connectivity index (χ3n) is 0.882. The second-order valence-corrected chi connectivity index (χ2v) is 2.95. The van der Waals surface area contributed by atoms with E-state index in [4.69, 9.17) is 44.9 Å². The van der Waals surface area contributed by atoms with E-state index in [1.54, 1.807) is 18.2 Å². The highest BCUT2D eigenvalue weighted by atomic mass is 35.5. The molecular formula is C6H6BCl3O2. The highest BCUT2D eigenvalue weighted by Gasteiger charge is 1.94. The molecule has 66 valence electrons. The zero-order chi connectivity index (χ0) is 9.56. The zero-order valence-corrected chi connectivity index (χ0v) is 8.24. The molecule has 1 rings (SSSR count). The molecule has 0 atom stereocenters. The lowest BCUT2D eigenvalue weighted by Gasteiger charge is -1.92. The molecular weight excluding hydrogens is 221 g/mol. The first-order valence-electron chi connectivity index (χ1n) is 2.94. The van der Waals surface area contributed by atoms with Gasteiger partial charge in [0, 0.05) is 5.02 Å². The molecule has 0 aromatic heterocycles. The van der Waals surface area contributed by atoms with Gasteiger partial charge in [0.2, 0.25) is 0 Å². The maximum Gasteiger partial charge on any atom is 0.432 e. The SMILES string of the molecule is Clc1ccc(Cl)c(Cl)c1.OBO. The average molecular weight is 227 g/mol. The Hall–Kier alpha value is 0.0749. The third kappa shape index (κ3) is 4.85. The van der Waals surface area contributed by atoms with Crippen molar-refractivity contribution < 1.29 is 10.0 Å². The average Bonchev–Trinajstić information content (AvgIpc) is 1.99. The van der Waals surface area contributed by atoms with E-state index in [-0.39, 0.29) is 0 Å². The molecule has 0 radical (unpaired) electrons. The first-order chi connectivity index (χ1) is 5.61. The fourth-order valence-corrected chi connectivity index (χ4v) is 0.997. The van der Waals surface area contributed by atoms with Gasteiger partial charge >= 0.3 is 7.69 Å². The molecule has 2 N–H and O–H groups in total. The standard InChI is InChI=1S/C6H3Cl3.BH3O2/c7-4-1-2-5(8)6(9)3-4;2-1-3/h1-3H;1-3H. The molecule has 0 aliphatic rings. The molecule has 0 bridgehead atoms. The lowest BCUT2D eigenvalue weighted by Crippen LogP contribution is -1.75. The minimum atomic E-state index is -0.750. The van der Waals surface area contributed by atoms with Crippen LogP contribution in [0.2, 0.25) is 15.1 Å². The van der Waals surface area contributed by atoms with Gasteiger partial charge in [-0.05, 0) is 18.2 Å². The summed E-state index contributed by atoms with van der Waals surface area (Å²) in [4.78, 5) is 0. The topological polar surface area (TPSA) is 40.5 Å². The largest absolute Gasteiger partial charge is 0.432 e. The van der Waals surface area contributed by atoms with Gasteiger partial charge in [-0.15, -0.1) is 0 Å². The molecule has 0 aliphatic heterocycles. The van der Waals surface area contributed by atoms with Crippen molar-refractivity contribution >= 4 is 42.5 Å². The summed E-state index contributed by atoms with van der Waals surface area (Å²) in [5.74, 6) is 0. The predicted molar refractivity (Wildman–Crippen MR) is 53.1 cm³/mol. The second-order valence-electron chi connectivity index (χ2n) is 1.70. The molecule has 1 aromatic rings. The second kappa shape index (κ2) is 6.58. The lowest BCUT2D eigenvalue weighted by molar-refractivity contribution is 0.448. The number of halogens is 3. The highest BCUT2D eigenvalue weighted by Crippen LogP contribution is 2.24. The van der Waals surface area contributed by atoms with Crippen molar-refractivity contribution in [3.63, 3.8) is 0 Å². The van der Waals surface area contributed by atoms with Crippen LogP contribution < -0.4 is 0 Å². The van der Waals surface area contributed by atoms with E-state index < -0.39 is 7.69 Å². The Morgan fingerprint density at radius 1 is 1.00 bits per heavy atom. The fourth-order valence-electron chi connectivity index (χ4n) is 0.470. The summed E-state index contributed by atoms with van der Waals surface area (Å²) in [6, 6.07) is 4.95. The van der Waals surface area contributed by atoms with Crippen molar-refractivity contribution in [3.05, 3.63) is 33.3 Å². The molecule has 6 heteroatoms. The van der Waals surface area contributed by atoms with Gasteiger partial charge in [0.25, 0.3) is 0 Å². The maximum absolute atomic E-state index is 7.12. The summed E-state index contributed by atoms with van der Waals surface area (Å²) in [6.45, 7) is 0. The molecule has 12 heavy (non-hydrogen) atoms. The molecule has 0 saturated carbocycles. The predicted octanol–water partition coefficient (Wildman–Crippen LogP) is 1.88. The van der Waals surface area contributed by atoms with E-state index in [0.29, 0.717) is 15.1 Å². The van der Waals surface area contributed by atoms with Gasteiger partial charge in [0.15, 0.2) is 0 Å². The van der Waals surface area contributed by atoms with Crippen LogP contribution in [0.1, 0.15) is 0 Å². The van der Waals surface area contributed by atoms with Crippen molar-refractivity contribution in [2.75, 3.05) is 0 Å². The highest BCUT2D eigenvalue weighted by molar-refractivity contribution is 6.43. The number of rotatable bonds is 0. The van der Waals surface area contributed by atoms with Crippen LogP contribution in [0.3, 0.4) is 0 Å². The Morgan fingerprint density at radius 2 is 1.50 bits per heavy atom. The molecule has 1 aromatic carbocycles. The summed E-state index contributed by atoms with van der Waals surface area (Å²) in [7, 11) is -0.750. The zero-order valence-electron chi connectivity index (χ0n) is 5.97. The minimum absolute atomic E-state index is 0.490. The van der Waals surface area contributed by atoms with E-state index in [0.717, 1.165) is 0 Å². The molecule has 0 heterocycles. The van der Waals surface area contributed by atoms with Crippen LogP contribution in [0.4, 0.5) is 0 Å². The Kier molecular flexibility index (Phi) is 6.62. The summed E-state index contributed by atoms with van der Waals surface area (Å²) in [5, 5.41) is 15.9. The fraction of sp³-hybridized carbons (Fsp3) is 0. The van der Waals surface area contributed by atoms with Crippen LogP contribution in [0.25, 0.3) is 0 Å². The minimum Gasteiger partial charge on any atom is -0.430 e. The smallest absolute Gasteiger partial charge is 0.430 e. The lowest BCUT2D eigenvalue weighted by atomic mass is 10.4. The number of hydrogen-bond acceptors (Lipinski definition) is 2. The summed E-state index contributed by atoms with van der Waals surface area (Å²) >= 11 is 16.8. The van der Waals surface area contributed by atoms with E-state index in [9.17, 15) is 0 Å². The third-order valence-corrected chi connectivity index (χ3v) is 1.86. The summed E-state index contributed by atoms with van der Waals surface area (Å²) in [5.41, 5.74) is 0.